The Bertz CT molecular complexity index is 820. The van der Waals surface area contributed by atoms with Gasteiger partial charge in [-0.2, -0.15) is 0 Å². The number of likely N-dealkylation sites (N-methyl/N-ethyl adjacent to an activating group) is 1. The molecule has 120 valence electrons. The van der Waals surface area contributed by atoms with E-state index in [1.54, 1.807) is 5.57 Å². The maximum absolute atomic E-state index is 10.1. The monoisotopic (exact) mass is 309 g/mol. The van der Waals surface area contributed by atoms with Crippen LogP contribution in [0.2, 0.25) is 0 Å². The Morgan fingerprint density at radius 3 is 2.96 bits per heavy atom. The van der Waals surface area contributed by atoms with Crippen molar-refractivity contribution in [3.63, 3.8) is 0 Å². The van der Waals surface area contributed by atoms with Gasteiger partial charge >= 0.3 is 0 Å². The van der Waals surface area contributed by atoms with Crippen LogP contribution in [0.1, 0.15) is 30.6 Å². The molecule has 2 N–H and O–H groups in total. The lowest BCUT2D eigenvalue weighted by Gasteiger charge is -2.62. The molecule has 1 aromatic carbocycles. The SMILES string of the molecule is C/C=C1/C[N@+]2(C)[C@@H]3Cc4c([nH]c5ccccc45)[C@@H]2C[C@H]1[C@@H]3CO. The highest BCUT2D eigenvalue weighted by atomic mass is 16.3. The smallest absolute Gasteiger partial charge is 0.131 e. The summed E-state index contributed by atoms with van der Waals surface area (Å²) in [5.74, 6) is 0.984. The van der Waals surface area contributed by atoms with Gasteiger partial charge in [0, 0.05) is 35.6 Å². The Labute approximate surface area is 137 Å². The minimum Gasteiger partial charge on any atom is -0.396 e. The molecule has 0 spiro atoms. The van der Waals surface area contributed by atoms with Crippen LogP contribution in [0.5, 0.6) is 0 Å². The zero-order chi connectivity index (χ0) is 15.8. The Kier molecular flexibility index (Phi) is 2.70. The van der Waals surface area contributed by atoms with Crippen molar-refractivity contribution >= 4 is 10.9 Å². The van der Waals surface area contributed by atoms with Crippen LogP contribution in [0.15, 0.2) is 35.9 Å². The summed E-state index contributed by atoms with van der Waals surface area (Å²) in [5.41, 5.74) is 5.84. The van der Waals surface area contributed by atoms with Gasteiger partial charge in [0.05, 0.1) is 25.4 Å². The average Bonchev–Trinajstić information content (AvgIpc) is 2.92. The highest BCUT2D eigenvalue weighted by molar-refractivity contribution is 5.85. The second kappa shape index (κ2) is 4.49. The lowest BCUT2D eigenvalue weighted by molar-refractivity contribution is -0.978. The second-order valence-corrected chi connectivity index (χ2v) is 7.91. The van der Waals surface area contributed by atoms with Gasteiger partial charge in [-0.15, -0.1) is 0 Å². The van der Waals surface area contributed by atoms with E-state index in [1.807, 2.05) is 0 Å². The molecule has 0 unspecified atom stereocenters. The van der Waals surface area contributed by atoms with E-state index >= 15 is 0 Å². The quantitative estimate of drug-likeness (QED) is 0.616. The summed E-state index contributed by atoms with van der Waals surface area (Å²) in [7, 11) is 2.42. The van der Waals surface area contributed by atoms with E-state index in [2.05, 4.69) is 49.3 Å². The van der Waals surface area contributed by atoms with Crippen molar-refractivity contribution in [2.45, 2.75) is 31.8 Å². The van der Waals surface area contributed by atoms with Gasteiger partial charge in [0.2, 0.25) is 0 Å². The Morgan fingerprint density at radius 1 is 1.35 bits per heavy atom. The molecule has 0 radical (unpaired) electrons. The summed E-state index contributed by atoms with van der Waals surface area (Å²) in [6, 6.07) is 9.84. The molecule has 0 saturated carbocycles. The van der Waals surface area contributed by atoms with Crippen molar-refractivity contribution in [2.75, 3.05) is 20.2 Å². The van der Waals surface area contributed by atoms with Crippen LogP contribution in [0.25, 0.3) is 10.9 Å². The number of para-hydroxylation sites is 1. The third kappa shape index (κ3) is 1.57. The maximum atomic E-state index is 10.1. The van der Waals surface area contributed by atoms with E-state index in [1.165, 1.54) is 28.6 Å². The number of hydrogen-bond donors (Lipinski definition) is 2. The maximum Gasteiger partial charge on any atom is 0.131 e. The standard InChI is InChI=1S/C20H25N2O/c1-3-12-10-22(2)18-9-15-13-6-4-5-7-17(13)21-20(15)19(22)8-14(12)16(18)11-23/h3-7,14,16,18-19,21,23H,8-11H2,1-2H3/q+1/b12-3-/t14-,16+,18-,19+,22-/m1/s1. The average molecular weight is 309 g/mol. The number of quaternary nitrogens is 1. The summed E-state index contributed by atoms with van der Waals surface area (Å²) >= 11 is 0. The number of aliphatic hydroxyl groups excluding tert-OH is 1. The minimum absolute atomic E-state index is 0.324. The fourth-order valence-electron chi connectivity index (χ4n) is 6.02. The van der Waals surface area contributed by atoms with Crippen LogP contribution in [-0.2, 0) is 6.42 Å². The Morgan fingerprint density at radius 2 is 2.17 bits per heavy atom. The number of nitrogens with one attached hydrogen (secondary N) is 1. The van der Waals surface area contributed by atoms with Crippen LogP contribution < -0.4 is 0 Å². The van der Waals surface area contributed by atoms with Gasteiger partial charge in [0.15, 0.2) is 0 Å². The number of fused-ring (bicyclic) bond motifs is 4. The van der Waals surface area contributed by atoms with Crippen molar-refractivity contribution in [2.24, 2.45) is 11.8 Å². The summed E-state index contributed by atoms with van der Waals surface area (Å²) in [6.07, 6.45) is 4.59. The molecule has 3 saturated heterocycles. The number of rotatable bonds is 1. The summed E-state index contributed by atoms with van der Waals surface area (Å²) < 4.78 is 1.08. The van der Waals surface area contributed by atoms with E-state index < -0.39 is 0 Å². The first-order valence-electron chi connectivity index (χ1n) is 8.87. The molecule has 23 heavy (non-hydrogen) atoms. The molecule has 4 aliphatic heterocycles. The number of aromatic amines is 1. The molecule has 5 heterocycles. The molecule has 3 fully saturated rings. The van der Waals surface area contributed by atoms with Gasteiger partial charge < -0.3 is 14.6 Å². The van der Waals surface area contributed by atoms with Crippen LogP contribution in [0.4, 0.5) is 0 Å². The zero-order valence-electron chi connectivity index (χ0n) is 13.9. The van der Waals surface area contributed by atoms with Crippen molar-refractivity contribution in [3.05, 3.63) is 47.2 Å². The molecule has 0 aliphatic carbocycles. The first-order chi connectivity index (χ1) is 11.2. The molecule has 0 amide bonds. The first kappa shape index (κ1) is 13.8. The molecule has 4 bridgehead atoms. The van der Waals surface area contributed by atoms with E-state index in [-0.39, 0.29) is 0 Å². The Balaban J connectivity index is 1.73. The van der Waals surface area contributed by atoms with Crippen molar-refractivity contribution in [1.82, 2.24) is 4.98 Å². The number of nitrogens with zero attached hydrogens (tertiary/aromatic N) is 1. The molecule has 3 heteroatoms. The van der Waals surface area contributed by atoms with Crippen molar-refractivity contribution in [1.29, 1.82) is 0 Å². The zero-order valence-corrected chi connectivity index (χ0v) is 13.9. The largest absolute Gasteiger partial charge is 0.396 e. The fraction of sp³-hybridized carbons (Fsp3) is 0.500. The molecule has 5 atom stereocenters. The number of aromatic nitrogens is 1. The first-order valence-corrected chi connectivity index (χ1v) is 8.87. The van der Waals surface area contributed by atoms with Gasteiger partial charge in [0.25, 0.3) is 0 Å². The summed E-state index contributed by atoms with van der Waals surface area (Å²) in [4.78, 5) is 3.75. The van der Waals surface area contributed by atoms with Crippen LogP contribution in [-0.4, -0.2) is 40.8 Å². The van der Waals surface area contributed by atoms with Gasteiger partial charge in [-0.25, -0.2) is 0 Å². The van der Waals surface area contributed by atoms with Gasteiger partial charge in [-0.05, 0) is 24.1 Å². The predicted octanol–water partition coefficient (Wildman–Crippen LogP) is 3.17. The van der Waals surface area contributed by atoms with Gasteiger partial charge in [0.1, 0.15) is 12.6 Å². The Hall–Kier alpha value is -1.58. The molecule has 2 aromatic rings. The lowest BCUT2D eigenvalue weighted by atomic mass is 9.62. The van der Waals surface area contributed by atoms with E-state index in [0.29, 0.717) is 30.5 Å². The molecule has 1 aromatic heterocycles. The highest BCUT2D eigenvalue weighted by Gasteiger charge is 2.61. The minimum atomic E-state index is 0.324. The number of allylic oxidation sites excluding steroid dienone is 1. The number of hydrogen-bond acceptors (Lipinski definition) is 1. The third-order valence-corrected chi connectivity index (χ3v) is 7.13. The summed E-state index contributed by atoms with van der Waals surface area (Å²) in [6.45, 7) is 3.65. The van der Waals surface area contributed by atoms with Crippen LogP contribution in [0, 0.1) is 11.8 Å². The van der Waals surface area contributed by atoms with Crippen molar-refractivity contribution < 1.29 is 9.59 Å². The van der Waals surface area contributed by atoms with Gasteiger partial charge in [-0.3, -0.25) is 0 Å². The number of benzene rings is 1. The fourth-order valence-corrected chi connectivity index (χ4v) is 6.02. The molecule has 3 nitrogen and oxygen atoms in total. The molecular weight excluding hydrogens is 284 g/mol. The third-order valence-electron chi connectivity index (χ3n) is 7.13. The molecule has 4 aliphatic rings. The number of H-pyrrole nitrogens is 1. The second-order valence-electron chi connectivity index (χ2n) is 7.91. The highest BCUT2D eigenvalue weighted by Crippen LogP contribution is 2.57. The van der Waals surface area contributed by atoms with Crippen molar-refractivity contribution in [3.8, 4) is 0 Å². The van der Waals surface area contributed by atoms with E-state index in [9.17, 15) is 5.11 Å². The van der Waals surface area contributed by atoms with E-state index in [4.69, 9.17) is 0 Å². The van der Waals surface area contributed by atoms with E-state index in [0.717, 1.165) is 17.4 Å². The molecule has 6 rings (SSSR count). The number of aliphatic hydroxyl groups is 1. The van der Waals surface area contributed by atoms with Crippen LogP contribution >= 0.6 is 0 Å². The summed E-state index contributed by atoms with van der Waals surface area (Å²) in [5, 5.41) is 11.5. The number of piperidine rings is 3. The lowest BCUT2D eigenvalue weighted by Crippen LogP contribution is -2.70. The van der Waals surface area contributed by atoms with Crippen LogP contribution in [0.3, 0.4) is 0 Å². The predicted molar refractivity (Wildman–Crippen MR) is 92.0 cm³/mol. The van der Waals surface area contributed by atoms with Gasteiger partial charge in [-0.1, -0.05) is 24.3 Å². The molecular formula is C20H25N2O+. The normalized spacial score (nSPS) is 39.9. The topological polar surface area (TPSA) is 36.0 Å².